The molecule has 0 aromatic heterocycles. The number of rotatable bonds is 10. The molecule has 2 amide bonds. The summed E-state index contributed by atoms with van der Waals surface area (Å²) in [6, 6.07) is 15.1. The summed E-state index contributed by atoms with van der Waals surface area (Å²) >= 11 is 0. The number of sulfonamides is 1. The molecule has 0 radical (unpaired) electrons. The molecule has 0 heterocycles. The third kappa shape index (κ3) is 7.45. The van der Waals surface area contributed by atoms with E-state index in [1.807, 2.05) is 12.1 Å². The van der Waals surface area contributed by atoms with Gasteiger partial charge in [-0.15, -0.1) is 0 Å². The minimum Gasteiger partial charge on any atom is -0.497 e. The number of methoxy groups -OCH3 is 1. The van der Waals surface area contributed by atoms with Crippen LogP contribution in [0.25, 0.3) is 0 Å². The molecule has 1 aliphatic carbocycles. The van der Waals surface area contributed by atoms with Crippen LogP contribution >= 0.6 is 0 Å². The molecule has 0 spiro atoms. The van der Waals surface area contributed by atoms with Crippen LogP contribution in [0.15, 0.2) is 54.6 Å². The highest BCUT2D eigenvalue weighted by atomic mass is 32.2. The van der Waals surface area contributed by atoms with Crippen LogP contribution in [0.3, 0.4) is 0 Å². The molecule has 1 aliphatic rings. The number of carbonyl (C=O) groups is 2. The summed E-state index contributed by atoms with van der Waals surface area (Å²) in [5.74, 6) is -0.00665. The zero-order valence-corrected chi connectivity index (χ0v) is 21.5. The van der Waals surface area contributed by atoms with Crippen molar-refractivity contribution in [3.05, 3.63) is 60.2 Å². The van der Waals surface area contributed by atoms with Gasteiger partial charge in [0.25, 0.3) is 0 Å². The lowest BCUT2D eigenvalue weighted by Gasteiger charge is -2.33. The third-order valence-electron chi connectivity index (χ3n) is 6.35. The van der Waals surface area contributed by atoms with Gasteiger partial charge >= 0.3 is 0 Å². The largest absolute Gasteiger partial charge is 0.497 e. The molecule has 35 heavy (non-hydrogen) atoms. The standard InChI is InChI=1S/C26H35N3O5S/c1-20(26(31)27-22-10-6-4-7-11-22)28(18-21-14-16-24(34-2)17-15-21)25(30)19-29(35(3,32)33)23-12-8-5-9-13-23/h5,8-9,12-17,20,22H,4,6-7,10-11,18-19H2,1-3H3,(H,27,31). The molecule has 9 heteroatoms. The molecule has 2 aromatic rings. The number of nitrogens with zero attached hydrogens (tertiary/aromatic N) is 2. The molecule has 1 saturated carbocycles. The number of benzene rings is 2. The van der Waals surface area contributed by atoms with E-state index in [1.165, 1.54) is 11.3 Å². The van der Waals surface area contributed by atoms with Crippen molar-refractivity contribution in [1.29, 1.82) is 0 Å². The van der Waals surface area contributed by atoms with Crippen molar-refractivity contribution in [2.75, 3.05) is 24.2 Å². The highest BCUT2D eigenvalue weighted by Gasteiger charge is 2.31. The van der Waals surface area contributed by atoms with E-state index < -0.39 is 28.5 Å². The fourth-order valence-electron chi connectivity index (χ4n) is 4.29. The Kier molecular flexibility index (Phi) is 9.14. The van der Waals surface area contributed by atoms with Crippen LogP contribution in [0.5, 0.6) is 5.75 Å². The van der Waals surface area contributed by atoms with Gasteiger partial charge in [-0.05, 0) is 49.6 Å². The van der Waals surface area contributed by atoms with E-state index in [-0.39, 0.29) is 18.5 Å². The van der Waals surface area contributed by atoms with Gasteiger partial charge in [-0.2, -0.15) is 0 Å². The van der Waals surface area contributed by atoms with Crippen LogP contribution in [0.1, 0.15) is 44.6 Å². The lowest BCUT2D eigenvalue weighted by molar-refractivity contribution is -0.139. The Morgan fingerprint density at radius 1 is 1.03 bits per heavy atom. The van der Waals surface area contributed by atoms with Crippen molar-refractivity contribution in [3.8, 4) is 5.75 Å². The Morgan fingerprint density at radius 3 is 2.23 bits per heavy atom. The number of para-hydroxylation sites is 1. The van der Waals surface area contributed by atoms with Crippen LogP contribution in [-0.2, 0) is 26.2 Å². The van der Waals surface area contributed by atoms with Crippen molar-refractivity contribution >= 4 is 27.5 Å². The second-order valence-electron chi connectivity index (χ2n) is 8.99. The van der Waals surface area contributed by atoms with Gasteiger partial charge in [0, 0.05) is 12.6 Å². The average molecular weight is 502 g/mol. The van der Waals surface area contributed by atoms with Gasteiger partial charge in [0.1, 0.15) is 18.3 Å². The summed E-state index contributed by atoms with van der Waals surface area (Å²) in [5.41, 5.74) is 1.20. The minimum absolute atomic E-state index is 0.105. The normalized spacial score (nSPS) is 15.2. The van der Waals surface area contributed by atoms with Gasteiger partial charge in [-0.3, -0.25) is 13.9 Å². The van der Waals surface area contributed by atoms with Crippen LogP contribution in [0.4, 0.5) is 5.69 Å². The number of carbonyl (C=O) groups excluding carboxylic acids is 2. The molecule has 0 aliphatic heterocycles. The van der Waals surface area contributed by atoms with E-state index in [0.717, 1.165) is 41.8 Å². The number of hydrogen-bond acceptors (Lipinski definition) is 5. The fraction of sp³-hybridized carbons (Fsp3) is 0.462. The van der Waals surface area contributed by atoms with Crippen LogP contribution in [0.2, 0.25) is 0 Å². The predicted molar refractivity (Wildman–Crippen MR) is 137 cm³/mol. The summed E-state index contributed by atoms with van der Waals surface area (Å²) < 4.78 is 31.4. The van der Waals surface area contributed by atoms with E-state index in [0.29, 0.717) is 11.4 Å². The Hall–Kier alpha value is -3.07. The first kappa shape index (κ1) is 26.5. The highest BCUT2D eigenvalue weighted by Crippen LogP contribution is 2.21. The Morgan fingerprint density at radius 2 is 1.66 bits per heavy atom. The second kappa shape index (κ2) is 12.1. The van der Waals surface area contributed by atoms with Gasteiger partial charge in [0.2, 0.25) is 21.8 Å². The van der Waals surface area contributed by atoms with E-state index >= 15 is 0 Å². The van der Waals surface area contributed by atoms with Gasteiger partial charge in [0.15, 0.2) is 0 Å². The first-order valence-electron chi connectivity index (χ1n) is 11.9. The van der Waals surface area contributed by atoms with Gasteiger partial charge < -0.3 is 15.0 Å². The first-order valence-corrected chi connectivity index (χ1v) is 13.8. The summed E-state index contributed by atoms with van der Waals surface area (Å²) in [5, 5.41) is 3.09. The Labute approximate surface area is 208 Å². The van der Waals surface area contributed by atoms with E-state index in [9.17, 15) is 18.0 Å². The summed E-state index contributed by atoms with van der Waals surface area (Å²) in [6.07, 6.45) is 6.26. The Bertz CT molecular complexity index is 1080. The number of amides is 2. The maximum absolute atomic E-state index is 13.6. The molecule has 3 rings (SSSR count). The van der Waals surface area contributed by atoms with E-state index in [4.69, 9.17) is 4.74 Å². The fourth-order valence-corrected chi connectivity index (χ4v) is 5.14. The topological polar surface area (TPSA) is 96.0 Å². The zero-order chi connectivity index (χ0) is 25.4. The van der Waals surface area contributed by atoms with Crippen LogP contribution in [0, 0.1) is 0 Å². The maximum atomic E-state index is 13.6. The van der Waals surface area contributed by atoms with Crippen LogP contribution < -0.4 is 14.4 Å². The SMILES string of the molecule is COc1ccc(CN(C(=O)CN(c2ccccc2)S(C)(=O)=O)C(C)C(=O)NC2CCCCC2)cc1. The van der Waals surface area contributed by atoms with E-state index in [2.05, 4.69) is 5.32 Å². The molecule has 1 unspecified atom stereocenters. The first-order chi connectivity index (χ1) is 16.7. The van der Waals surface area contributed by atoms with Gasteiger partial charge in [-0.1, -0.05) is 49.6 Å². The maximum Gasteiger partial charge on any atom is 0.244 e. The Balaban J connectivity index is 1.84. The highest BCUT2D eigenvalue weighted by molar-refractivity contribution is 7.92. The molecule has 2 aromatic carbocycles. The summed E-state index contributed by atoms with van der Waals surface area (Å²) in [6.45, 7) is 1.45. The summed E-state index contributed by atoms with van der Waals surface area (Å²) in [7, 11) is -2.15. The number of nitrogens with one attached hydrogen (secondary N) is 1. The zero-order valence-electron chi connectivity index (χ0n) is 20.6. The second-order valence-corrected chi connectivity index (χ2v) is 10.9. The van der Waals surface area contributed by atoms with Crippen molar-refractivity contribution in [2.45, 2.75) is 57.7 Å². The van der Waals surface area contributed by atoms with Crippen LogP contribution in [-0.4, -0.2) is 57.1 Å². The molecule has 0 bridgehead atoms. The van der Waals surface area contributed by atoms with Gasteiger partial charge in [0.05, 0.1) is 19.1 Å². The van der Waals surface area contributed by atoms with E-state index in [1.54, 1.807) is 56.5 Å². The molecule has 1 fully saturated rings. The van der Waals surface area contributed by atoms with Gasteiger partial charge in [-0.25, -0.2) is 8.42 Å². The van der Waals surface area contributed by atoms with Crippen molar-refractivity contribution < 1.29 is 22.7 Å². The molecular weight excluding hydrogens is 466 g/mol. The molecule has 190 valence electrons. The number of hydrogen-bond donors (Lipinski definition) is 1. The lowest BCUT2D eigenvalue weighted by atomic mass is 9.95. The smallest absolute Gasteiger partial charge is 0.244 e. The lowest BCUT2D eigenvalue weighted by Crippen LogP contribution is -2.52. The molecule has 8 nitrogen and oxygen atoms in total. The third-order valence-corrected chi connectivity index (χ3v) is 7.49. The predicted octanol–water partition coefficient (Wildman–Crippen LogP) is 3.33. The quantitative estimate of drug-likeness (QED) is 0.539. The molecule has 1 N–H and O–H groups in total. The number of anilines is 1. The molecule has 0 saturated heterocycles. The molecule has 1 atom stereocenters. The number of ether oxygens (including phenoxy) is 1. The summed E-state index contributed by atoms with van der Waals surface area (Å²) in [4.78, 5) is 28.1. The van der Waals surface area contributed by atoms with Crippen molar-refractivity contribution in [1.82, 2.24) is 10.2 Å². The van der Waals surface area contributed by atoms with Crippen molar-refractivity contribution in [3.63, 3.8) is 0 Å². The monoisotopic (exact) mass is 501 g/mol. The molecular formula is C26H35N3O5S. The van der Waals surface area contributed by atoms with Crippen molar-refractivity contribution in [2.24, 2.45) is 0 Å². The minimum atomic E-state index is -3.73. The average Bonchev–Trinajstić information content (AvgIpc) is 2.86.